The van der Waals surface area contributed by atoms with Gasteiger partial charge in [0.15, 0.2) is 0 Å². The molecule has 29 heavy (non-hydrogen) atoms. The van der Waals surface area contributed by atoms with Crippen LogP contribution >= 0.6 is 37.2 Å². The largest absolute Gasteiger partial charge is 0.354 e. The lowest BCUT2D eigenvalue weighted by Gasteiger charge is -2.39. The molecule has 2 aliphatic rings. The molecule has 2 atom stereocenters. The number of anilines is 1. The molecule has 0 radical (unpaired) electrons. The SMILES string of the molecule is CC(N)CCC(=O)N1CCCC(CN2CCN(c3ccccn3)CC2)C1.Cl.Cl.Cl. The molecule has 0 aromatic carbocycles. The van der Waals surface area contributed by atoms with Crippen LogP contribution in [0.2, 0.25) is 0 Å². The molecule has 3 rings (SSSR count). The van der Waals surface area contributed by atoms with E-state index >= 15 is 0 Å². The van der Waals surface area contributed by atoms with Gasteiger partial charge in [0, 0.05) is 64.5 Å². The Labute approximate surface area is 193 Å². The van der Waals surface area contributed by atoms with Crippen LogP contribution in [0.25, 0.3) is 0 Å². The smallest absolute Gasteiger partial charge is 0.222 e. The van der Waals surface area contributed by atoms with Crippen molar-refractivity contribution in [1.29, 1.82) is 0 Å². The van der Waals surface area contributed by atoms with Gasteiger partial charge in [0.05, 0.1) is 0 Å². The lowest BCUT2D eigenvalue weighted by Crippen LogP contribution is -2.50. The number of rotatable bonds is 6. The number of piperazine rings is 1. The van der Waals surface area contributed by atoms with E-state index in [0.29, 0.717) is 12.3 Å². The Morgan fingerprint density at radius 2 is 1.90 bits per heavy atom. The number of halogens is 3. The van der Waals surface area contributed by atoms with E-state index in [0.717, 1.165) is 64.5 Å². The molecular formula is C20H36Cl3N5O. The maximum absolute atomic E-state index is 12.4. The zero-order valence-electron chi connectivity index (χ0n) is 17.2. The van der Waals surface area contributed by atoms with Gasteiger partial charge in [0.1, 0.15) is 5.82 Å². The minimum atomic E-state index is 0. The molecule has 1 aromatic rings. The monoisotopic (exact) mass is 467 g/mol. The number of carbonyl (C=O) groups excluding carboxylic acids is 1. The van der Waals surface area contributed by atoms with E-state index in [1.54, 1.807) is 0 Å². The molecule has 0 aliphatic carbocycles. The van der Waals surface area contributed by atoms with E-state index in [1.165, 1.54) is 6.42 Å². The van der Waals surface area contributed by atoms with Gasteiger partial charge in [-0.25, -0.2) is 4.98 Å². The van der Waals surface area contributed by atoms with Crippen molar-refractivity contribution in [1.82, 2.24) is 14.8 Å². The zero-order chi connectivity index (χ0) is 18.4. The van der Waals surface area contributed by atoms with E-state index in [9.17, 15) is 4.79 Å². The fourth-order valence-corrected chi connectivity index (χ4v) is 4.02. The van der Waals surface area contributed by atoms with Gasteiger partial charge in [-0.3, -0.25) is 9.69 Å². The third-order valence-corrected chi connectivity index (χ3v) is 5.55. The van der Waals surface area contributed by atoms with Gasteiger partial charge in [-0.2, -0.15) is 0 Å². The molecule has 168 valence electrons. The van der Waals surface area contributed by atoms with Crippen LogP contribution in [-0.2, 0) is 4.79 Å². The first-order valence-electron chi connectivity index (χ1n) is 10.0. The number of hydrogen-bond acceptors (Lipinski definition) is 5. The molecule has 2 fully saturated rings. The number of piperidine rings is 1. The van der Waals surface area contributed by atoms with E-state index in [-0.39, 0.29) is 49.2 Å². The van der Waals surface area contributed by atoms with Gasteiger partial charge in [0.25, 0.3) is 0 Å². The van der Waals surface area contributed by atoms with Crippen molar-refractivity contribution in [3.05, 3.63) is 24.4 Å². The van der Waals surface area contributed by atoms with Crippen molar-refractivity contribution >= 4 is 48.9 Å². The maximum atomic E-state index is 12.4. The summed E-state index contributed by atoms with van der Waals surface area (Å²) < 4.78 is 0. The number of pyridine rings is 1. The highest BCUT2D eigenvalue weighted by Crippen LogP contribution is 2.20. The molecule has 1 aromatic heterocycles. The molecule has 2 saturated heterocycles. The summed E-state index contributed by atoms with van der Waals surface area (Å²) in [5.41, 5.74) is 5.79. The number of carbonyl (C=O) groups is 1. The van der Waals surface area contributed by atoms with Crippen LogP contribution in [0.3, 0.4) is 0 Å². The number of likely N-dealkylation sites (tertiary alicyclic amines) is 1. The van der Waals surface area contributed by atoms with Crippen LogP contribution in [0.5, 0.6) is 0 Å². The molecule has 0 saturated carbocycles. The predicted octanol–water partition coefficient (Wildman–Crippen LogP) is 2.84. The van der Waals surface area contributed by atoms with Gasteiger partial charge >= 0.3 is 0 Å². The third-order valence-electron chi connectivity index (χ3n) is 5.55. The molecule has 9 heteroatoms. The summed E-state index contributed by atoms with van der Waals surface area (Å²) in [6.07, 6.45) is 5.60. The Kier molecular flexibility index (Phi) is 13.9. The second-order valence-electron chi connectivity index (χ2n) is 7.84. The molecule has 2 N–H and O–H groups in total. The summed E-state index contributed by atoms with van der Waals surface area (Å²) in [4.78, 5) is 23.8. The highest BCUT2D eigenvalue weighted by atomic mass is 35.5. The maximum Gasteiger partial charge on any atom is 0.222 e. The molecule has 2 aliphatic heterocycles. The van der Waals surface area contributed by atoms with E-state index in [2.05, 4.69) is 25.8 Å². The van der Waals surface area contributed by atoms with Crippen LogP contribution in [0.4, 0.5) is 5.82 Å². The van der Waals surface area contributed by atoms with Crippen LogP contribution < -0.4 is 10.6 Å². The summed E-state index contributed by atoms with van der Waals surface area (Å²) in [7, 11) is 0. The van der Waals surface area contributed by atoms with Crippen molar-refractivity contribution in [2.75, 3.05) is 50.7 Å². The quantitative estimate of drug-likeness (QED) is 0.695. The molecule has 3 heterocycles. The topological polar surface area (TPSA) is 65.7 Å². The summed E-state index contributed by atoms with van der Waals surface area (Å²) in [6, 6.07) is 6.20. The molecule has 2 unspecified atom stereocenters. The van der Waals surface area contributed by atoms with E-state index < -0.39 is 0 Å². The van der Waals surface area contributed by atoms with Gasteiger partial charge < -0.3 is 15.5 Å². The zero-order valence-corrected chi connectivity index (χ0v) is 19.7. The summed E-state index contributed by atoms with van der Waals surface area (Å²) in [5.74, 6) is 1.96. The summed E-state index contributed by atoms with van der Waals surface area (Å²) in [6.45, 7) is 9.11. The Morgan fingerprint density at radius 3 is 2.52 bits per heavy atom. The van der Waals surface area contributed by atoms with Gasteiger partial charge in [0.2, 0.25) is 5.91 Å². The predicted molar refractivity (Wildman–Crippen MR) is 127 cm³/mol. The summed E-state index contributed by atoms with van der Waals surface area (Å²) in [5, 5.41) is 0. The lowest BCUT2D eigenvalue weighted by molar-refractivity contribution is -0.133. The Morgan fingerprint density at radius 1 is 1.17 bits per heavy atom. The summed E-state index contributed by atoms with van der Waals surface area (Å²) >= 11 is 0. The second kappa shape index (κ2) is 14.3. The number of nitrogens with two attached hydrogens (primary N) is 1. The third kappa shape index (κ3) is 8.85. The minimum Gasteiger partial charge on any atom is -0.354 e. The molecule has 0 spiro atoms. The molecule has 0 bridgehead atoms. The van der Waals surface area contributed by atoms with E-state index in [1.807, 2.05) is 25.3 Å². The first-order chi connectivity index (χ1) is 12.6. The average molecular weight is 469 g/mol. The number of amides is 1. The fourth-order valence-electron chi connectivity index (χ4n) is 4.02. The second-order valence-corrected chi connectivity index (χ2v) is 7.84. The highest BCUT2D eigenvalue weighted by Gasteiger charge is 2.26. The van der Waals surface area contributed by atoms with Crippen molar-refractivity contribution in [3.63, 3.8) is 0 Å². The van der Waals surface area contributed by atoms with Crippen LogP contribution in [0, 0.1) is 5.92 Å². The van der Waals surface area contributed by atoms with Crippen molar-refractivity contribution in [2.45, 2.75) is 38.6 Å². The number of aromatic nitrogens is 1. The molecule has 1 amide bonds. The average Bonchev–Trinajstić information content (AvgIpc) is 2.67. The normalized spacial score (nSPS) is 20.7. The molecule has 6 nitrogen and oxygen atoms in total. The lowest BCUT2D eigenvalue weighted by atomic mass is 9.96. The minimum absolute atomic E-state index is 0. The Hall–Kier alpha value is -0.790. The highest BCUT2D eigenvalue weighted by molar-refractivity contribution is 5.86. The molecular weight excluding hydrogens is 433 g/mol. The first kappa shape index (κ1) is 28.2. The van der Waals surface area contributed by atoms with Crippen molar-refractivity contribution in [2.24, 2.45) is 11.7 Å². The Balaban J connectivity index is 0.00000261. The van der Waals surface area contributed by atoms with Crippen LogP contribution in [0.15, 0.2) is 24.4 Å². The Bertz CT molecular complexity index is 570. The standard InChI is InChI=1S/C20H33N5O.3ClH/c1-17(21)7-8-20(26)25-10-4-5-18(16-25)15-23-11-13-24(14-12-23)19-6-2-3-9-22-19;;;/h2-3,6,9,17-18H,4-5,7-8,10-16,21H2,1H3;3*1H. The van der Waals surface area contributed by atoms with E-state index in [4.69, 9.17) is 5.73 Å². The van der Waals surface area contributed by atoms with Crippen LogP contribution in [0.1, 0.15) is 32.6 Å². The van der Waals surface area contributed by atoms with Crippen LogP contribution in [-0.4, -0.2) is 72.5 Å². The number of nitrogens with zero attached hydrogens (tertiary/aromatic N) is 4. The number of hydrogen-bond donors (Lipinski definition) is 1. The first-order valence-corrected chi connectivity index (χ1v) is 10.0. The van der Waals surface area contributed by atoms with Crippen molar-refractivity contribution in [3.8, 4) is 0 Å². The fraction of sp³-hybridized carbons (Fsp3) is 0.700. The van der Waals surface area contributed by atoms with Gasteiger partial charge in [-0.1, -0.05) is 6.07 Å². The van der Waals surface area contributed by atoms with Gasteiger partial charge in [-0.15, -0.1) is 37.2 Å². The van der Waals surface area contributed by atoms with Gasteiger partial charge in [-0.05, 0) is 44.2 Å². The van der Waals surface area contributed by atoms with Crippen molar-refractivity contribution < 1.29 is 4.79 Å².